The fourth-order valence-electron chi connectivity index (χ4n) is 3.29. The lowest BCUT2D eigenvalue weighted by Gasteiger charge is -2.14. The van der Waals surface area contributed by atoms with Crippen LogP contribution in [0.1, 0.15) is 18.1 Å². The third-order valence-electron chi connectivity index (χ3n) is 4.92. The van der Waals surface area contributed by atoms with Gasteiger partial charge in [-0.3, -0.25) is 4.79 Å². The van der Waals surface area contributed by atoms with Gasteiger partial charge in [0.15, 0.2) is 11.5 Å². The van der Waals surface area contributed by atoms with Gasteiger partial charge in [-0.05, 0) is 76.5 Å². The van der Waals surface area contributed by atoms with Crippen LogP contribution in [-0.2, 0) is 11.4 Å². The molecule has 1 heterocycles. The van der Waals surface area contributed by atoms with Gasteiger partial charge in [0.2, 0.25) is 0 Å². The maximum absolute atomic E-state index is 13.0. The first kappa shape index (κ1) is 22.1. The molecular formula is C25H20BrClN2O3. The van der Waals surface area contributed by atoms with Crippen LogP contribution in [0.5, 0.6) is 11.5 Å². The van der Waals surface area contributed by atoms with Gasteiger partial charge in [-0.25, -0.2) is 0 Å². The van der Waals surface area contributed by atoms with E-state index in [0.717, 1.165) is 21.3 Å². The zero-order valence-corrected chi connectivity index (χ0v) is 19.9. The van der Waals surface area contributed by atoms with E-state index in [1.54, 1.807) is 13.2 Å². The van der Waals surface area contributed by atoms with E-state index in [2.05, 4.69) is 21.0 Å². The van der Waals surface area contributed by atoms with Crippen molar-refractivity contribution in [1.29, 1.82) is 0 Å². The highest BCUT2D eigenvalue weighted by atomic mass is 79.9. The number of rotatable bonds is 6. The van der Waals surface area contributed by atoms with Crippen LogP contribution in [0.2, 0.25) is 5.02 Å². The van der Waals surface area contributed by atoms with Gasteiger partial charge in [0.1, 0.15) is 6.61 Å². The van der Waals surface area contributed by atoms with Gasteiger partial charge in [0.25, 0.3) is 5.91 Å². The van der Waals surface area contributed by atoms with Crippen molar-refractivity contribution in [2.45, 2.75) is 13.5 Å². The van der Waals surface area contributed by atoms with Crippen LogP contribution >= 0.6 is 27.5 Å². The molecule has 0 saturated heterocycles. The van der Waals surface area contributed by atoms with Crippen molar-refractivity contribution in [2.24, 2.45) is 5.10 Å². The molecule has 0 aromatic heterocycles. The molecule has 5 nitrogen and oxygen atoms in total. The number of carbonyl (C=O) groups is 1. The number of anilines is 1. The SMILES string of the molecule is COc1cc(/C=C2/C(=O)N(c3ccccc3)N=C2C)cc(Br)c1OCc1ccc(Cl)cc1. The number of ether oxygens (including phenoxy) is 2. The summed E-state index contributed by atoms with van der Waals surface area (Å²) in [4.78, 5) is 13.0. The summed E-state index contributed by atoms with van der Waals surface area (Å²) in [5.74, 6) is 0.964. The zero-order valence-electron chi connectivity index (χ0n) is 17.5. The van der Waals surface area contributed by atoms with Crippen LogP contribution in [-0.4, -0.2) is 18.7 Å². The Labute approximate surface area is 200 Å². The van der Waals surface area contributed by atoms with E-state index >= 15 is 0 Å². The van der Waals surface area contributed by atoms with Crippen molar-refractivity contribution < 1.29 is 14.3 Å². The summed E-state index contributed by atoms with van der Waals surface area (Å²) < 4.78 is 12.3. The first-order valence-electron chi connectivity index (χ1n) is 9.88. The van der Waals surface area contributed by atoms with Crippen LogP contribution < -0.4 is 14.5 Å². The topological polar surface area (TPSA) is 51.1 Å². The number of hydrogen-bond acceptors (Lipinski definition) is 4. The molecule has 32 heavy (non-hydrogen) atoms. The molecule has 1 amide bonds. The predicted molar refractivity (Wildman–Crippen MR) is 131 cm³/mol. The molecule has 3 aromatic rings. The average molecular weight is 512 g/mol. The highest BCUT2D eigenvalue weighted by Crippen LogP contribution is 2.38. The molecule has 0 N–H and O–H groups in total. The summed E-state index contributed by atoms with van der Waals surface area (Å²) in [5, 5.41) is 6.51. The smallest absolute Gasteiger partial charge is 0.280 e. The second kappa shape index (κ2) is 9.59. The molecule has 0 bridgehead atoms. The molecule has 162 valence electrons. The number of hydrazone groups is 1. The standard InChI is InChI=1S/C25H20BrClN2O3/c1-16-21(25(30)29(28-16)20-6-4-3-5-7-20)12-18-13-22(26)24(23(14-18)31-2)32-15-17-8-10-19(27)11-9-17/h3-14H,15H2,1-2H3/b21-12+. The summed E-state index contributed by atoms with van der Waals surface area (Å²) in [6.45, 7) is 2.19. The third kappa shape index (κ3) is 4.71. The Morgan fingerprint density at radius 2 is 1.81 bits per heavy atom. The molecular weight excluding hydrogens is 492 g/mol. The summed E-state index contributed by atoms with van der Waals surface area (Å²) in [7, 11) is 1.58. The van der Waals surface area contributed by atoms with E-state index < -0.39 is 0 Å². The molecule has 1 aliphatic rings. The Balaban J connectivity index is 1.59. The molecule has 1 aliphatic heterocycles. The average Bonchev–Trinajstić information content (AvgIpc) is 3.08. The quantitative estimate of drug-likeness (QED) is 0.355. The monoisotopic (exact) mass is 510 g/mol. The number of halogens is 2. The highest BCUT2D eigenvalue weighted by molar-refractivity contribution is 9.10. The van der Waals surface area contributed by atoms with Gasteiger partial charge in [-0.2, -0.15) is 10.1 Å². The predicted octanol–water partition coefficient (Wildman–Crippen LogP) is 6.50. The Hall–Kier alpha value is -3.09. The number of amides is 1. The number of hydrogen-bond donors (Lipinski definition) is 0. The van der Waals surface area contributed by atoms with E-state index in [1.807, 2.05) is 73.7 Å². The lowest BCUT2D eigenvalue weighted by Crippen LogP contribution is -2.21. The summed E-state index contributed by atoms with van der Waals surface area (Å²) in [5.41, 5.74) is 3.68. The van der Waals surface area contributed by atoms with Crippen molar-refractivity contribution in [1.82, 2.24) is 0 Å². The van der Waals surface area contributed by atoms with Gasteiger partial charge in [-0.15, -0.1) is 0 Å². The molecule has 0 radical (unpaired) electrons. The summed E-state index contributed by atoms with van der Waals surface area (Å²) >= 11 is 9.52. The first-order chi connectivity index (χ1) is 15.5. The highest BCUT2D eigenvalue weighted by Gasteiger charge is 2.28. The maximum Gasteiger partial charge on any atom is 0.280 e. The van der Waals surface area contributed by atoms with Crippen LogP contribution in [0.3, 0.4) is 0 Å². The second-order valence-electron chi connectivity index (χ2n) is 7.15. The van der Waals surface area contributed by atoms with Crippen LogP contribution in [0, 0.1) is 0 Å². The van der Waals surface area contributed by atoms with Crippen LogP contribution in [0.4, 0.5) is 5.69 Å². The minimum absolute atomic E-state index is 0.174. The van der Waals surface area contributed by atoms with E-state index in [1.165, 1.54) is 5.01 Å². The first-order valence-corrected chi connectivity index (χ1v) is 11.0. The minimum atomic E-state index is -0.174. The Morgan fingerprint density at radius 1 is 1.09 bits per heavy atom. The molecule has 0 unspecified atom stereocenters. The molecule has 0 fully saturated rings. The number of methoxy groups -OCH3 is 1. The molecule has 0 spiro atoms. The van der Waals surface area contributed by atoms with Crippen molar-refractivity contribution in [3.05, 3.63) is 92.9 Å². The van der Waals surface area contributed by atoms with Gasteiger partial charge >= 0.3 is 0 Å². The fraction of sp³-hybridized carbons (Fsp3) is 0.120. The van der Waals surface area contributed by atoms with E-state index in [9.17, 15) is 4.79 Å². The Bertz CT molecular complexity index is 1210. The number of benzene rings is 3. The molecule has 0 atom stereocenters. The lowest BCUT2D eigenvalue weighted by atomic mass is 10.1. The van der Waals surface area contributed by atoms with E-state index in [0.29, 0.717) is 34.4 Å². The Morgan fingerprint density at radius 3 is 2.50 bits per heavy atom. The molecule has 7 heteroatoms. The maximum atomic E-state index is 13.0. The zero-order chi connectivity index (χ0) is 22.7. The molecule has 3 aromatic carbocycles. The van der Waals surface area contributed by atoms with Crippen molar-refractivity contribution in [3.63, 3.8) is 0 Å². The minimum Gasteiger partial charge on any atom is -0.493 e. The van der Waals surface area contributed by atoms with Crippen molar-refractivity contribution in [2.75, 3.05) is 12.1 Å². The fourth-order valence-corrected chi connectivity index (χ4v) is 3.99. The Kier molecular flexibility index (Phi) is 6.63. The van der Waals surface area contributed by atoms with Gasteiger partial charge in [0, 0.05) is 5.02 Å². The van der Waals surface area contributed by atoms with Crippen molar-refractivity contribution in [3.8, 4) is 11.5 Å². The second-order valence-corrected chi connectivity index (χ2v) is 8.44. The molecule has 4 rings (SSSR count). The normalized spacial score (nSPS) is 14.6. The molecule has 0 aliphatic carbocycles. The van der Waals surface area contributed by atoms with Crippen LogP contribution in [0.15, 0.2) is 81.9 Å². The summed E-state index contributed by atoms with van der Waals surface area (Å²) in [6.07, 6.45) is 1.81. The van der Waals surface area contributed by atoms with Gasteiger partial charge in [-0.1, -0.05) is 41.9 Å². The molecule has 0 saturated carbocycles. The summed E-state index contributed by atoms with van der Waals surface area (Å²) in [6, 6.07) is 20.5. The number of carbonyl (C=O) groups excluding carboxylic acids is 1. The van der Waals surface area contributed by atoms with E-state index in [4.69, 9.17) is 21.1 Å². The number of nitrogens with zero attached hydrogens (tertiary/aromatic N) is 2. The van der Waals surface area contributed by atoms with E-state index in [-0.39, 0.29) is 5.91 Å². The lowest BCUT2D eigenvalue weighted by molar-refractivity contribution is -0.114. The van der Waals surface area contributed by atoms with Gasteiger partial charge < -0.3 is 9.47 Å². The largest absolute Gasteiger partial charge is 0.493 e. The van der Waals surface area contributed by atoms with Crippen LogP contribution in [0.25, 0.3) is 6.08 Å². The third-order valence-corrected chi connectivity index (χ3v) is 5.76. The van der Waals surface area contributed by atoms with Gasteiger partial charge in [0.05, 0.1) is 28.6 Å². The number of para-hydroxylation sites is 1. The van der Waals surface area contributed by atoms with Crippen molar-refractivity contribution >= 4 is 50.9 Å².